The van der Waals surface area contributed by atoms with Crippen LogP contribution < -0.4 is 0 Å². The van der Waals surface area contributed by atoms with Gasteiger partial charge >= 0.3 is 0 Å². The van der Waals surface area contributed by atoms with E-state index >= 15 is 0 Å². The van der Waals surface area contributed by atoms with Crippen molar-refractivity contribution in [2.45, 2.75) is 0 Å². The summed E-state index contributed by atoms with van der Waals surface area (Å²) in [6, 6.07) is 81.6. The van der Waals surface area contributed by atoms with Crippen molar-refractivity contribution in [2.24, 2.45) is 0 Å². The maximum Gasteiger partial charge on any atom is 0.160 e. The van der Waals surface area contributed by atoms with Crippen LogP contribution in [0.15, 0.2) is 224 Å². The predicted octanol–water partition coefficient (Wildman–Crippen LogP) is 16.6. The zero-order valence-electron chi connectivity index (χ0n) is 35.2. The second kappa shape index (κ2) is 13.9. The molecule has 0 aliphatic carbocycles. The van der Waals surface area contributed by atoms with Crippen molar-refractivity contribution in [3.8, 4) is 50.7 Å². The quantitative estimate of drug-likeness (QED) is 0.162. The normalized spacial score (nSPS) is 12.0. The van der Waals surface area contributed by atoms with Gasteiger partial charge in [0.1, 0.15) is 0 Å². The Labute approximate surface area is 374 Å². The third-order valence-electron chi connectivity index (χ3n) is 13.7. The topological polar surface area (TPSA) is 30.7 Å². The highest BCUT2D eigenvalue weighted by molar-refractivity contribution is 6.37. The maximum absolute atomic E-state index is 5.32. The molecule has 0 amide bonds. The minimum atomic E-state index is 0.698. The van der Waals surface area contributed by atoms with Gasteiger partial charge in [-0.1, -0.05) is 182 Å². The number of nitrogens with zero attached hydrogens (tertiary/aromatic N) is 3. The van der Waals surface area contributed by atoms with Crippen molar-refractivity contribution < 1.29 is 0 Å². The Balaban J connectivity index is 0.966. The van der Waals surface area contributed by atoms with Crippen LogP contribution in [0.2, 0.25) is 0 Å². The Bertz CT molecular complexity index is 4200. The number of fused-ring (bicyclic) bond motifs is 5. The fourth-order valence-corrected chi connectivity index (χ4v) is 10.8. The van der Waals surface area contributed by atoms with E-state index in [0.29, 0.717) is 5.82 Å². The number of rotatable bonds is 5. The number of hydrogen-bond donors (Lipinski definition) is 0. The minimum Gasteiger partial charge on any atom is -0.309 e. The van der Waals surface area contributed by atoms with Crippen molar-refractivity contribution >= 4 is 86.4 Å². The first-order valence-electron chi connectivity index (χ1n) is 22.3. The molecule has 3 nitrogen and oxygen atoms in total. The molecule has 300 valence electrons. The van der Waals surface area contributed by atoms with E-state index in [-0.39, 0.29) is 0 Å². The number of hydrogen-bond acceptors (Lipinski definition) is 2. The molecule has 0 atom stereocenters. The zero-order valence-corrected chi connectivity index (χ0v) is 35.2. The molecule has 0 bridgehead atoms. The molecule has 0 saturated heterocycles. The second-order valence-corrected chi connectivity index (χ2v) is 17.3. The van der Waals surface area contributed by atoms with Crippen LogP contribution in [-0.2, 0) is 0 Å². The highest BCUT2D eigenvalue weighted by atomic mass is 15.0. The minimum absolute atomic E-state index is 0.698. The molecule has 0 unspecified atom stereocenters. The van der Waals surface area contributed by atoms with E-state index in [1.54, 1.807) is 0 Å². The van der Waals surface area contributed by atoms with Crippen LogP contribution in [0.25, 0.3) is 137 Å². The Morgan fingerprint density at radius 1 is 0.277 bits per heavy atom. The number of benzene rings is 11. The molecule has 0 radical (unpaired) electrons. The van der Waals surface area contributed by atoms with Crippen LogP contribution in [0.4, 0.5) is 0 Å². The van der Waals surface area contributed by atoms with Gasteiger partial charge in [0.05, 0.1) is 22.4 Å². The summed E-state index contributed by atoms with van der Waals surface area (Å²) in [7, 11) is 0. The number of para-hydroxylation sites is 2. The molecule has 65 heavy (non-hydrogen) atoms. The standard InChI is InChI=1S/C62H37N3/c1-3-13-43(14-4-1)62-63-53(37-54(64-62)50-24-12-26-56-61(50)51-20-7-8-25-55(51)65(56)46-18-5-2-6-19-46)39-29-27-38(28-30-39)45-35-44-34-33-42-16-10-22-48-47-21-9-15-40-31-32-41-17-11-23-49(59(41)57(40)47)52(36-45)60(44)58(42)48/h1-37H. The molecule has 0 spiro atoms. The van der Waals surface area contributed by atoms with Gasteiger partial charge in [-0.3, -0.25) is 0 Å². The van der Waals surface area contributed by atoms with Crippen LogP contribution in [0, 0.1) is 0 Å². The van der Waals surface area contributed by atoms with E-state index in [1.165, 1.54) is 81.0 Å². The lowest BCUT2D eigenvalue weighted by Crippen LogP contribution is -1.97. The Kier molecular flexibility index (Phi) is 7.69. The molecule has 0 N–H and O–H groups in total. The highest BCUT2D eigenvalue weighted by Crippen LogP contribution is 2.45. The SMILES string of the molecule is c1ccc(-c2nc(-c3ccc(-c4cc5ccc6cccc7c8cccc9ccc%10cccc(c(c4)c5c67)c%10c98)cc3)cc(-c3cccc4c3c3ccccc3n4-c3ccccc3)n2)cc1. The van der Waals surface area contributed by atoms with Crippen molar-refractivity contribution in [3.05, 3.63) is 224 Å². The second-order valence-electron chi connectivity index (χ2n) is 17.3. The van der Waals surface area contributed by atoms with Crippen molar-refractivity contribution in [1.82, 2.24) is 14.5 Å². The summed E-state index contributed by atoms with van der Waals surface area (Å²) in [5.74, 6) is 0.698. The molecule has 2 heterocycles. The van der Waals surface area contributed by atoms with Gasteiger partial charge in [0.15, 0.2) is 5.82 Å². The van der Waals surface area contributed by atoms with Gasteiger partial charge in [-0.15, -0.1) is 0 Å². The van der Waals surface area contributed by atoms with E-state index in [9.17, 15) is 0 Å². The summed E-state index contributed by atoms with van der Waals surface area (Å²) in [6.45, 7) is 0. The van der Waals surface area contributed by atoms with Crippen LogP contribution in [0.3, 0.4) is 0 Å². The predicted molar refractivity (Wildman–Crippen MR) is 274 cm³/mol. The zero-order chi connectivity index (χ0) is 42.6. The van der Waals surface area contributed by atoms with Gasteiger partial charge in [-0.25, -0.2) is 9.97 Å². The fraction of sp³-hybridized carbons (Fsp3) is 0. The molecule has 0 saturated carbocycles. The molecule has 3 heteroatoms. The van der Waals surface area contributed by atoms with E-state index < -0.39 is 0 Å². The van der Waals surface area contributed by atoms with Gasteiger partial charge in [0.25, 0.3) is 0 Å². The molecule has 0 fully saturated rings. The molecule has 0 aliphatic heterocycles. The molecule has 12 aromatic carbocycles. The lowest BCUT2D eigenvalue weighted by Gasteiger charge is -2.17. The molecule has 2 aromatic heterocycles. The monoisotopic (exact) mass is 823 g/mol. The van der Waals surface area contributed by atoms with Gasteiger partial charge in [0, 0.05) is 33.2 Å². The third kappa shape index (κ3) is 5.43. The molecular formula is C62H37N3. The highest BCUT2D eigenvalue weighted by Gasteiger charge is 2.20. The van der Waals surface area contributed by atoms with E-state index in [0.717, 1.165) is 50.4 Å². The van der Waals surface area contributed by atoms with E-state index in [4.69, 9.17) is 9.97 Å². The van der Waals surface area contributed by atoms with Gasteiger partial charge in [0.2, 0.25) is 0 Å². The first-order chi connectivity index (χ1) is 32.2. The average Bonchev–Trinajstić information content (AvgIpc) is 3.72. The summed E-state index contributed by atoms with van der Waals surface area (Å²) in [6.07, 6.45) is 0. The van der Waals surface area contributed by atoms with Gasteiger partial charge in [-0.2, -0.15) is 0 Å². The van der Waals surface area contributed by atoms with Crippen LogP contribution in [0.1, 0.15) is 0 Å². The van der Waals surface area contributed by atoms with Gasteiger partial charge in [-0.05, 0) is 118 Å². The average molecular weight is 824 g/mol. The number of aromatic nitrogens is 3. The third-order valence-corrected chi connectivity index (χ3v) is 13.7. The lowest BCUT2D eigenvalue weighted by molar-refractivity contribution is 1.18. The van der Waals surface area contributed by atoms with Crippen LogP contribution in [0.5, 0.6) is 0 Å². The smallest absolute Gasteiger partial charge is 0.160 e. The van der Waals surface area contributed by atoms with Gasteiger partial charge < -0.3 is 4.57 Å². The summed E-state index contributed by atoms with van der Waals surface area (Å²) in [5.41, 5.74) is 10.6. The van der Waals surface area contributed by atoms with Crippen LogP contribution >= 0.6 is 0 Å². The van der Waals surface area contributed by atoms with E-state index in [1.807, 2.05) is 6.07 Å². The van der Waals surface area contributed by atoms with Crippen LogP contribution in [-0.4, -0.2) is 14.5 Å². The first kappa shape index (κ1) is 35.9. The van der Waals surface area contributed by atoms with E-state index in [2.05, 4.69) is 223 Å². The Hall–Kier alpha value is -8.66. The first-order valence-corrected chi connectivity index (χ1v) is 22.3. The van der Waals surface area contributed by atoms with Crippen molar-refractivity contribution in [3.63, 3.8) is 0 Å². The molecule has 0 aliphatic rings. The Morgan fingerprint density at radius 2 is 0.800 bits per heavy atom. The molecule has 14 rings (SSSR count). The summed E-state index contributed by atoms with van der Waals surface area (Å²) in [4.78, 5) is 10.6. The summed E-state index contributed by atoms with van der Waals surface area (Å²) < 4.78 is 2.36. The van der Waals surface area contributed by atoms with Crippen molar-refractivity contribution in [2.75, 3.05) is 0 Å². The maximum atomic E-state index is 5.32. The molecule has 14 aromatic rings. The summed E-state index contributed by atoms with van der Waals surface area (Å²) >= 11 is 0. The van der Waals surface area contributed by atoms with Crippen molar-refractivity contribution in [1.29, 1.82) is 0 Å². The summed E-state index contributed by atoms with van der Waals surface area (Å²) in [5, 5.41) is 17.8. The lowest BCUT2D eigenvalue weighted by atomic mass is 9.86. The Morgan fingerprint density at radius 3 is 1.49 bits per heavy atom. The molecular weight excluding hydrogens is 787 g/mol. The largest absolute Gasteiger partial charge is 0.309 e. The fourth-order valence-electron chi connectivity index (χ4n) is 10.8.